The highest BCUT2D eigenvalue weighted by Gasteiger charge is 2.15. The molecule has 1 aliphatic heterocycles. The van der Waals surface area contributed by atoms with Gasteiger partial charge in [-0.3, -0.25) is 4.79 Å². The van der Waals surface area contributed by atoms with Gasteiger partial charge in [0.1, 0.15) is 5.75 Å². The van der Waals surface area contributed by atoms with Crippen molar-refractivity contribution in [1.82, 2.24) is 10.2 Å². The van der Waals surface area contributed by atoms with Crippen molar-refractivity contribution in [1.29, 1.82) is 0 Å². The Labute approximate surface area is 126 Å². The van der Waals surface area contributed by atoms with E-state index in [0.717, 1.165) is 36.6 Å². The van der Waals surface area contributed by atoms with Gasteiger partial charge in [-0.1, -0.05) is 13.0 Å². The van der Waals surface area contributed by atoms with Gasteiger partial charge in [0.15, 0.2) is 6.61 Å². The van der Waals surface area contributed by atoms with E-state index in [9.17, 15) is 4.79 Å². The molecule has 1 aromatic rings. The van der Waals surface area contributed by atoms with Crippen LogP contribution in [-0.4, -0.2) is 43.6 Å². The lowest BCUT2D eigenvalue weighted by Crippen LogP contribution is -2.34. The van der Waals surface area contributed by atoms with Gasteiger partial charge in [-0.15, -0.1) is 0 Å². The molecule has 0 radical (unpaired) electrons. The van der Waals surface area contributed by atoms with Gasteiger partial charge in [0.05, 0.1) is 5.69 Å². The Morgan fingerprint density at radius 3 is 3.05 bits per heavy atom. The van der Waals surface area contributed by atoms with Gasteiger partial charge in [0, 0.05) is 25.7 Å². The van der Waals surface area contributed by atoms with Crippen molar-refractivity contribution >= 4 is 11.6 Å². The van der Waals surface area contributed by atoms with Crippen molar-refractivity contribution in [2.24, 2.45) is 0 Å². The molecule has 0 aromatic heterocycles. The van der Waals surface area contributed by atoms with Crippen molar-refractivity contribution in [2.45, 2.75) is 32.9 Å². The molecular weight excluding hydrogens is 266 g/mol. The number of hydrogen-bond acceptors (Lipinski definition) is 4. The third-order valence-electron chi connectivity index (χ3n) is 3.99. The van der Waals surface area contributed by atoms with Gasteiger partial charge in [-0.05, 0) is 38.1 Å². The summed E-state index contributed by atoms with van der Waals surface area (Å²) in [6, 6.07) is 6.53. The van der Waals surface area contributed by atoms with E-state index in [1.807, 2.05) is 18.2 Å². The van der Waals surface area contributed by atoms with Gasteiger partial charge in [0.25, 0.3) is 5.91 Å². The van der Waals surface area contributed by atoms with E-state index in [4.69, 9.17) is 4.74 Å². The molecule has 1 amide bonds. The summed E-state index contributed by atoms with van der Waals surface area (Å²) in [7, 11) is 2.15. The summed E-state index contributed by atoms with van der Waals surface area (Å²) in [5.74, 6) is 0.651. The molecule has 0 saturated heterocycles. The number of carbonyl (C=O) groups is 1. The summed E-state index contributed by atoms with van der Waals surface area (Å²) in [6.45, 7) is 7.31. The van der Waals surface area contributed by atoms with Gasteiger partial charge in [-0.25, -0.2) is 0 Å². The molecule has 0 fully saturated rings. The lowest BCUT2D eigenvalue weighted by atomic mass is 10.1. The Bertz CT molecular complexity index is 490. The maximum Gasteiger partial charge on any atom is 0.262 e. The minimum Gasteiger partial charge on any atom is -0.482 e. The minimum absolute atomic E-state index is 0.0946. The van der Waals surface area contributed by atoms with Crippen LogP contribution in [0.1, 0.15) is 25.8 Å². The third-order valence-corrected chi connectivity index (χ3v) is 3.99. The summed E-state index contributed by atoms with van der Waals surface area (Å²) in [4.78, 5) is 13.7. The summed E-state index contributed by atoms with van der Waals surface area (Å²) < 4.78 is 5.35. The molecule has 1 atom stereocenters. The topological polar surface area (TPSA) is 53.6 Å². The van der Waals surface area contributed by atoms with Crippen LogP contribution in [-0.2, 0) is 11.3 Å². The molecule has 0 spiro atoms. The molecule has 21 heavy (non-hydrogen) atoms. The maximum atomic E-state index is 11.3. The van der Waals surface area contributed by atoms with E-state index in [1.165, 1.54) is 6.42 Å². The van der Waals surface area contributed by atoms with Crippen LogP contribution in [0.25, 0.3) is 0 Å². The fourth-order valence-electron chi connectivity index (χ4n) is 2.26. The van der Waals surface area contributed by atoms with Crippen molar-refractivity contribution < 1.29 is 9.53 Å². The molecule has 2 N–H and O–H groups in total. The zero-order valence-corrected chi connectivity index (χ0v) is 13.1. The molecule has 1 unspecified atom stereocenters. The lowest BCUT2D eigenvalue weighted by molar-refractivity contribution is -0.118. The second kappa shape index (κ2) is 7.43. The molecule has 0 bridgehead atoms. The van der Waals surface area contributed by atoms with Crippen LogP contribution in [0.4, 0.5) is 5.69 Å². The molecule has 1 heterocycles. The summed E-state index contributed by atoms with van der Waals surface area (Å²) in [5.41, 5.74) is 1.91. The maximum absolute atomic E-state index is 11.3. The van der Waals surface area contributed by atoms with Crippen molar-refractivity contribution in [3.63, 3.8) is 0 Å². The smallest absolute Gasteiger partial charge is 0.262 e. The number of carbonyl (C=O) groups excluding carboxylic acids is 1. The predicted octanol–water partition coefficient (Wildman–Crippen LogP) is 1.84. The SMILES string of the molecule is CCC(C)N(C)CCNCc1ccc2c(c1)NC(=O)CO2. The van der Waals surface area contributed by atoms with Crippen LogP contribution in [0.5, 0.6) is 5.75 Å². The first-order valence-electron chi connectivity index (χ1n) is 7.56. The van der Waals surface area contributed by atoms with E-state index in [-0.39, 0.29) is 12.5 Å². The predicted molar refractivity (Wildman–Crippen MR) is 84.7 cm³/mol. The zero-order chi connectivity index (χ0) is 15.2. The standard InChI is InChI=1S/C16H25N3O2/c1-4-12(2)19(3)8-7-17-10-13-5-6-15-14(9-13)18-16(20)11-21-15/h5-6,9,12,17H,4,7-8,10-11H2,1-3H3,(H,18,20). The highest BCUT2D eigenvalue weighted by Crippen LogP contribution is 2.28. The van der Waals surface area contributed by atoms with Crippen LogP contribution in [0.15, 0.2) is 18.2 Å². The van der Waals surface area contributed by atoms with Crippen LogP contribution in [0.3, 0.4) is 0 Å². The van der Waals surface area contributed by atoms with E-state index in [0.29, 0.717) is 6.04 Å². The summed E-state index contributed by atoms with van der Waals surface area (Å²) in [5, 5.41) is 6.27. The number of nitrogens with zero attached hydrogens (tertiary/aromatic N) is 1. The normalized spacial score (nSPS) is 15.3. The zero-order valence-electron chi connectivity index (χ0n) is 13.1. The molecular formula is C16H25N3O2. The molecule has 2 rings (SSSR count). The number of hydrogen-bond donors (Lipinski definition) is 2. The third kappa shape index (κ3) is 4.44. The number of benzene rings is 1. The van der Waals surface area contributed by atoms with E-state index < -0.39 is 0 Å². The number of anilines is 1. The highest BCUT2D eigenvalue weighted by molar-refractivity contribution is 5.95. The van der Waals surface area contributed by atoms with Crippen LogP contribution in [0, 0.1) is 0 Å². The van der Waals surface area contributed by atoms with Gasteiger partial charge in [-0.2, -0.15) is 0 Å². The van der Waals surface area contributed by atoms with Gasteiger partial charge >= 0.3 is 0 Å². The first-order chi connectivity index (χ1) is 10.1. The first kappa shape index (κ1) is 15.8. The van der Waals surface area contributed by atoms with Crippen molar-refractivity contribution in [2.75, 3.05) is 32.1 Å². The average molecular weight is 291 g/mol. The van der Waals surface area contributed by atoms with E-state index in [1.54, 1.807) is 0 Å². The minimum atomic E-state index is -0.0946. The summed E-state index contributed by atoms with van der Waals surface area (Å²) >= 11 is 0. The quantitative estimate of drug-likeness (QED) is 0.753. The molecule has 0 aliphatic carbocycles. The summed E-state index contributed by atoms with van der Waals surface area (Å²) in [6.07, 6.45) is 1.17. The lowest BCUT2D eigenvalue weighted by Gasteiger charge is -2.23. The van der Waals surface area contributed by atoms with Gasteiger partial charge < -0.3 is 20.3 Å². The molecule has 0 saturated carbocycles. The second-order valence-corrected chi connectivity index (χ2v) is 5.58. The van der Waals surface area contributed by atoms with Crippen LogP contribution in [0.2, 0.25) is 0 Å². The Hall–Kier alpha value is -1.59. The molecule has 116 valence electrons. The first-order valence-corrected chi connectivity index (χ1v) is 7.56. The Kier molecular flexibility index (Phi) is 5.59. The molecule has 5 nitrogen and oxygen atoms in total. The number of rotatable bonds is 7. The van der Waals surface area contributed by atoms with Crippen LogP contribution < -0.4 is 15.4 Å². The Morgan fingerprint density at radius 1 is 1.48 bits per heavy atom. The Balaban J connectivity index is 1.79. The van der Waals surface area contributed by atoms with E-state index in [2.05, 4.69) is 36.4 Å². The average Bonchev–Trinajstić information content (AvgIpc) is 2.50. The number of ether oxygens (including phenoxy) is 1. The van der Waals surface area contributed by atoms with E-state index >= 15 is 0 Å². The molecule has 1 aromatic carbocycles. The fourth-order valence-corrected chi connectivity index (χ4v) is 2.26. The van der Waals surface area contributed by atoms with Crippen molar-refractivity contribution in [3.05, 3.63) is 23.8 Å². The number of fused-ring (bicyclic) bond motifs is 1. The van der Waals surface area contributed by atoms with Crippen LogP contribution >= 0.6 is 0 Å². The Morgan fingerprint density at radius 2 is 2.29 bits per heavy atom. The fraction of sp³-hybridized carbons (Fsp3) is 0.562. The number of likely N-dealkylation sites (N-methyl/N-ethyl adjacent to an activating group) is 1. The highest BCUT2D eigenvalue weighted by atomic mass is 16.5. The molecule has 1 aliphatic rings. The molecule has 5 heteroatoms. The monoisotopic (exact) mass is 291 g/mol. The number of nitrogens with one attached hydrogen (secondary N) is 2. The van der Waals surface area contributed by atoms with Crippen molar-refractivity contribution in [3.8, 4) is 5.75 Å². The number of amides is 1. The largest absolute Gasteiger partial charge is 0.482 e. The second-order valence-electron chi connectivity index (χ2n) is 5.58. The van der Waals surface area contributed by atoms with Gasteiger partial charge in [0.2, 0.25) is 0 Å².